The second-order valence-electron chi connectivity index (χ2n) is 7.09. The van der Waals surface area contributed by atoms with Gasteiger partial charge in [0.05, 0.1) is 54.6 Å². The number of ether oxygens (including phenoxy) is 4. The summed E-state index contributed by atoms with van der Waals surface area (Å²) in [5.41, 5.74) is 2.24. The third kappa shape index (κ3) is 6.16. The van der Waals surface area contributed by atoms with Gasteiger partial charge in [0.15, 0.2) is 0 Å². The number of pyridine rings is 2. The van der Waals surface area contributed by atoms with Crippen LogP contribution >= 0.6 is 11.6 Å². The second kappa shape index (κ2) is 12.0. The number of halogens is 1. The van der Waals surface area contributed by atoms with Gasteiger partial charge in [-0.3, -0.25) is 9.97 Å². The van der Waals surface area contributed by atoms with E-state index in [2.05, 4.69) is 9.97 Å². The van der Waals surface area contributed by atoms with Crippen molar-refractivity contribution in [3.8, 4) is 11.5 Å². The molecule has 0 saturated carbocycles. The van der Waals surface area contributed by atoms with Crippen molar-refractivity contribution in [1.29, 1.82) is 0 Å². The molecule has 8 nitrogen and oxygen atoms in total. The average Bonchev–Trinajstić information content (AvgIpc) is 2.88. The lowest BCUT2D eigenvalue weighted by Gasteiger charge is -2.07. The number of methoxy groups -OCH3 is 2. The highest BCUT2D eigenvalue weighted by atomic mass is 35.5. The molecule has 0 spiro atoms. The summed E-state index contributed by atoms with van der Waals surface area (Å²) in [4.78, 5) is 31.6. The minimum Gasteiger partial charge on any atom is -0.497 e. The van der Waals surface area contributed by atoms with Crippen molar-refractivity contribution in [2.75, 3.05) is 27.4 Å². The first-order valence-corrected chi connectivity index (χ1v) is 11.2. The summed E-state index contributed by atoms with van der Waals surface area (Å²) in [7, 11) is 3.17. The Hall–Kier alpha value is -3.91. The van der Waals surface area contributed by atoms with Crippen LogP contribution in [-0.4, -0.2) is 49.3 Å². The highest BCUT2D eigenvalue weighted by Crippen LogP contribution is 2.29. The minimum atomic E-state index is -0.472. The van der Waals surface area contributed by atoms with E-state index in [1.54, 1.807) is 52.3 Å². The number of rotatable bonds is 6. The molecule has 2 aromatic heterocycles. The Bertz CT molecular complexity index is 1360. The molecule has 0 aliphatic rings. The molecule has 9 heteroatoms. The topological polar surface area (TPSA) is 96.8 Å². The van der Waals surface area contributed by atoms with Crippen molar-refractivity contribution in [2.24, 2.45) is 0 Å². The van der Waals surface area contributed by atoms with E-state index in [0.29, 0.717) is 40.5 Å². The molecule has 0 unspecified atom stereocenters. The zero-order chi connectivity index (χ0) is 25.4. The Kier molecular flexibility index (Phi) is 8.80. The maximum absolute atomic E-state index is 11.7. The van der Waals surface area contributed by atoms with Gasteiger partial charge in [-0.05, 0) is 56.3 Å². The predicted octanol–water partition coefficient (Wildman–Crippen LogP) is 5.49. The fourth-order valence-electron chi connectivity index (χ4n) is 3.18. The summed E-state index contributed by atoms with van der Waals surface area (Å²) in [6.07, 6.45) is 2.95. The molecule has 0 atom stereocenters. The number of carbonyl (C=O) groups excluding carboxylic acids is 2. The molecule has 0 aliphatic carbocycles. The zero-order valence-electron chi connectivity index (χ0n) is 19.8. The molecule has 35 heavy (non-hydrogen) atoms. The Labute approximate surface area is 207 Å². The van der Waals surface area contributed by atoms with Crippen LogP contribution in [0.1, 0.15) is 34.6 Å². The van der Waals surface area contributed by atoms with E-state index in [9.17, 15) is 9.59 Å². The van der Waals surface area contributed by atoms with E-state index >= 15 is 0 Å². The number of esters is 2. The van der Waals surface area contributed by atoms with Gasteiger partial charge in [0.1, 0.15) is 11.5 Å². The normalized spacial score (nSPS) is 10.3. The molecule has 0 fully saturated rings. The molecule has 0 N–H and O–H groups in total. The monoisotopic (exact) mass is 496 g/mol. The van der Waals surface area contributed by atoms with Gasteiger partial charge in [0.2, 0.25) is 0 Å². The van der Waals surface area contributed by atoms with Gasteiger partial charge < -0.3 is 18.9 Å². The van der Waals surface area contributed by atoms with Gasteiger partial charge in [-0.2, -0.15) is 0 Å². The number of carbonyl (C=O) groups is 2. The molecular weight excluding hydrogens is 472 g/mol. The highest BCUT2D eigenvalue weighted by Gasteiger charge is 2.15. The van der Waals surface area contributed by atoms with Gasteiger partial charge in [0, 0.05) is 23.2 Å². The zero-order valence-corrected chi connectivity index (χ0v) is 20.6. The summed E-state index contributed by atoms with van der Waals surface area (Å²) in [6.45, 7) is 4.17. The molecule has 182 valence electrons. The molecule has 0 saturated heterocycles. The maximum atomic E-state index is 11.7. The van der Waals surface area contributed by atoms with E-state index < -0.39 is 5.97 Å². The number of nitrogens with zero attached hydrogens (tertiary/aromatic N) is 2. The molecule has 0 aliphatic heterocycles. The lowest BCUT2D eigenvalue weighted by molar-refractivity contribution is 0.0516. The van der Waals surface area contributed by atoms with Crippen LogP contribution in [0.4, 0.5) is 0 Å². The maximum Gasteiger partial charge on any atom is 0.341 e. The number of hydrogen-bond acceptors (Lipinski definition) is 8. The average molecular weight is 497 g/mol. The summed E-state index contributed by atoms with van der Waals surface area (Å²) >= 11 is 6.20. The minimum absolute atomic E-state index is 0.263. The lowest BCUT2D eigenvalue weighted by atomic mass is 10.1. The van der Waals surface area contributed by atoms with Crippen LogP contribution in [0.25, 0.3) is 21.8 Å². The molecular formula is C26H25ClN2O6. The summed E-state index contributed by atoms with van der Waals surface area (Å²) in [5.74, 6) is 0.567. The lowest BCUT2D eigenvalue weighted by Crippen LogP contribution is -2.06. The Balaban J connectivity index is 0.000000196. The van der Waals surface area contributed by atoms with E-state index in [1.807, 2.05) is 18.2 Å². The van der Waals surface area contributed by atoms with Gasteiger partial charge in [-0.15, -0.1) is 0 Å². The first-order valence-electron chi connectivity index (χ1n) is 10.8. The molecule has 2 heterocycles. The van der Waals surface area contributed by atoms with Crippen molar-refractivity contribution in [3.63, 3.8) is 0 Å². The Morgan fingerprint density at radius 2 is 1.40 bits per heavy atom. The SMILES string of the molecule is CCOC(=O)c1cnc2ccc(OC)cc2c1.CCOC(=O)c1cnc2ccc(OC)cc2c1Cl. The summed E-state index contributed by atoms with van der Waals surface area (Å²) in [5, 5.41) is 1.86. The van der Waals surface area contributed by atoms with Crippen LogP contribution < -0.4 is 9.47 Å². The Morgan fingerprint density at radius 3 is 2.06 bits per heavy atom. The second-order valence-corrected chi connectivity index (χ2v) is 7.47. The van der Waals surface area contributed by atoms with Crippen LogP contribution in [-0.2, 0) is 9.47 Å². The van der Waals surface area contributed by atoms with Crippen LogP contribution in [0.5, 0.6) is 11.5 Å². The van der Waals surface area contributed by atoms with E-state index in [4.69, 9.17) is 30.5 Å². The fraction of sp³-hybridized carbons (Fsp3) is 0.231. The van der Waals surface area contributed by atoms with E-state index in [0.717, 1.165) is 16.7 Å². The van der Waals surface area contributed by atoms with Gasteiger partial charge in [-0.1, -0.05) is 11.6 Å². The quantitative estimate of drug-likeness (QED) is 0.323. The van der Waals surface area contributed by atoms with Crippen LogP contribution in [0.2, 0.25) is 5.02 Å². The van der Waals surface area contributed by atoms with Crippen LogP contribution in [0, 0.1) is 0 Å². The summed E-state index contributed by atoms with van der Waals surface area (Å²) < 4.78 is 20.1. The molecule has 0 bridgehead atoms. The first kappa shape index (κ1) is 25.7. The smallest absolute Gasteiger partial charge is 0.341 e. The van der Waals surface area contributed by atoms with E-state index in [1.165, 1.54) is 12.4 Å². The standard InChI is InChI=1S/C13H12ClNO3.C13H13NO3/c1-3-18-13(16)10-7-15-11-5-4-8(17-2)6-9(11)12(10)14;1-3-17-13(15)10-6-9-7-11(16-2)4-5-12(9)14-8-10/h4-7H,3H2,1-2H3;4-8H,3H2,1-2H3. The Morgan fingerprint density at radius 1 is 0.800 bits per heavy atom. The van der Waals surface area contributed by atoms with Crippen molar-refractivity contribution < 1.29 is 28.5 Å². The molecule has 4 rings (SSSR count). The molecule has 4 aromatic rings. The largest absolute Gasteiger partial charge is 0.497 e. The predicted molar refractivity (Wildman–Crippen MR) is 134 cm³/mol. The number of hydrogen-bond donors (Lipinski definition) is 0. The fourth-order valence-corrected chi connectivity index (χ4v) is 3.46. The molecule has 0 radical (unpaired) electrons. The van der Waals surface area contributed by atoms with Crippen molar-refractivity contribution in [3.05, 3.63) is 71.0 Å². The molecule has 2 aromatic carbocycles. The number of fused-ring (bicyclic) bond motifs is 2. The molecule has 0 amide bonds. The third-order valence-corrected chi connectivity index (χ3v) is 5.31. The van der Waals surface area contributed by atoms with Gasteiger partial charge in [-0.25, -0.2) is 9.59 Å². The number of benzene rings is 2. The van der Waals surface area contributed by atoms with Crippen LogP contribution in [0.15, 0.2) is 54.9 Å². The van der Waals surface area contributed by atoms with Crippen molar-refractivity contribution >= 4 is 45.3 Å². The van der Waals surface area contributed by atoms with E-state index in [-0.39, 0.29) is 11.5 Å². The van der Waals surface area contributed by atoms with Gasteiger partial charge >= 0.3 is 11.9 Å². The van der Waals surface area contributed by atoms with Crippen molar-refractivity contribution in [2.45, 2.75) is 13.8 Å². The third-order valence-electron chi connectivity index (χ3n) is 4.90. The van der Waals surface area contributed by atoms with Crippen LogP contribution in [0.3, 0.4) is 0 Å². The summed E-state index contributed by atoms with van der Waals surface area (Å²) in [6, 6.07) is 12.6. The number of aromatic nitrogens is 2. The highest BCUT2D eigenvalue weighted by molar-refractivity contribution is 6.38. The van der Waals surface area contributed by atoms with Gasteiger partial charge in [0.25, 0.3) is 0 Å². The van der Waals surface area contributed by atoms with Crippen molar-refractivity contribution in [1.82, 2.24) is 9.97 Å². The first-order chi connectivity index (χ1) is 16.9.